The van der Waals surface area contributed by atoms with Crippen molar-refractivity contribution in [2.24, 2.45) is 0 Å². The second kappa shape index (κ2) is 8.85. The lowest BCUT2D eigenvalue weighted by molar-refractivity contribution is -0.116. The van der Waals surface area contributed by atoms with Crippen LogP contribution in [0.5, 0.6) is 11.5 Å². The number of hydrogen-bond acceptors (Lipinski definition) is 5. The number of para-hydroxylation sites is 2. The molecule has 1 N–H and O–H groups in total. The van der Waals surface area contributed by atoms with E-state index in [0.717, 1.165) is 11.3 Å². The highest BCUT2D eigenvalue weighted by molar-refractivity contribution is 5.92. The normalized spacial score (nSPS) is 10.4. The second-order valence-corrected chi connectivity index (χ2v) is 5.95. The van der Waals surface area contributed by atoms with Gasteiger partial charge in [-0.05, 0) is 43.3 Å². The van der Waals surface area contributed by atoms with Crippen LogP contribution in [0.2, 0.25) is 0 Å². The van der Waals surface area contributed by atoms with Crippen LogP contribution in [0.4, 0.5) is 5.69 Å². The summed E-state index contributed by atoms with van der Waals surface area (Å²) in [7, 11) is 1.59. The average molecular weight is 379 g/mol. The van der Waals surface area contributed by atoms with Crippen LogP contribution in [0.15, 0.2) is 65.7 Å². The molecule has 0 spiro atoms. The van der Waals surface area contributed by atoms with E-state index in [4.69, 9.17) is 9.47 Å². The number of nitrogens with zero attached hydrogens (tertiary/aromatic N) is 2. The van der Waals surface area contributed by atoms with E-state index in [9.17, 15) is 9.59 Å². The standard InChI is InChI=1S/C21H21N3O4/c1-3-28-19-7-5-4-6-17(19)23-20(25)13-24-14-22-18(12-21(24)26)15-8-10-16(27-2)11-9-15/h4-12,14H,3,13H2,1-2H3,(H,23,25). The lowest BCUT2D eigenvalue weighted by atomic mass is 10.1. The van der Waals surface area contributed by atoms with Crippen molar-refractivity contribution in [1.82, 2.24) is 9.55 Å². The first-order valence-electron chi connectivity index (χ1n) is 8.83. The third kappa shape index (κ3) is 4.56. The number of carbonyl (C=O) groups is 1. The van der Waals surface area contributed by atoms with Crippen molar-refractivity contribution in [2.45, 2.75) is 13.5 Å². The number of anilines is 1. The monoisotopic (exact) mass is 379 g/mol. The maximum atomic E-state index is 12.4. The zero-order valence-electron chi connectivity index (χ0n) is 15.7. The van der Waals surface area contributed by atoms with Crippen LogP contribution in [0, 0.1) is 0 Å². The number of rotatable bonds is 7. The van der Waals surface area contributed by atoms with Crippen molar-refractivity contribution in [1.29, 1.82) is 0 Å². The molecule has 1 heterocycles. The Morgan fingerprint density at radius 1 is 1.14 bits per heavy atom. The zero-order valence-corrected chi connectivity index (χ0v) is 15.7. The van der Waals surface area contributed by atoms with Gasteiger partial charge in [0.2, 0.25) is 5.91 Å². The first-order valence-corrected chi connectivity index (χ1v) is 8.83. The molecule has 7 nitrogen and oxygen atoms in total. The summed E-state index contributed by atoms with van der Waals surface area (Å²) in [6.07, 6.45) is 1.37. The van der Waals surface area contributed by atoms with Crippen LogP contribution < -0.4 is 20.3 Å². The molecule has 0 saturated heterocycles. The van der Waals surface area contributed by atoms with E-state index in [1.165, 1.54) is 17.0 Å². The Bertz CT molecular complexity index is 1010. The zero-order chi connectivity index (χ0) is 19.9. The Kier molecular flexibility index (Phi) is 6.06. The summed E-state index contributed by atoms with van der Waals surface area (Å²) in [4.78, 5) is 29.0. The Balaban J connectivity index is 1.72. The third-order valence-electron chi connectivity index (χ3n) is 4.04. The van der Waals surface area contributed by atoms with Crippen molar-refractivity contribution < 1.29 is 14.3 Å². The molecule has 2 aromatic carbocycles. The number of hydrogen-bond donors (Lipinski definition) is 1. The van der Waals surface area contributed by atoms with E-state index in [-0.39, 0.29) is 18.0 Å². The Morgan fingerprint density at radius 3 is 2.57 bits per heavy atom. The molecule has 0 unspecified atom stereocenters. The van der Waals surface area contributed by atoms with E-state index < -0.39 is 0 Å². The molecule has 0 aliphatic carbocycles. The summed E-state index contributed by atoms with van der Waals surface area (Å²) < 4.78 is 11.9. The minimum atomic E-state index is -0.340. The van der Waals surface area contributed by atoms with Gasteiger partial charge in [0.05, 0.1) is 31.4 Å². The van der Waals surface area contributed by atoms with E-state index in [2.05, 4.69) is 10.3 Å². The molecule has 0 aliphatic heterocycles. The summed E-state index contributed by atoms with van der Waals surface area (Å²) in [5, 5.41) is 2.76. The number of methoxy groups -OCH3 is 1. The van der Waals surface area contributed by atoms with Gasteiger partial charge in [-0.25, -0.2) is 4.98 Å². The molecule has 0 fully saturated rings. The molecule has 0 aliphatic rings. The molecule has 0 atom stereocenters. The van der Waals surface area contributed by atoms with Crippen molar-refractivity contribution in [2.75, 3.05) is 19.0 Å². The molecule has 28 heavy (non-hydrogen) atoms. The molecule has 0 radical (unpaired) electrons. The quantitative estimate of drug-likeness (QED) is 0.682. The highest BCUT2D eigenvalue weighted by Gasteiger charge is 2.10. The summed E-state index contributed by atoms with van der Waals surface area (Å²) in [5.74, 6) is 0.966. The number of ether oxygens (including phenoxy) is 2. The van der Waals surface area contributed by atoms with Gasteiger partial charge in [-0.15, -0.1) is 0 Å². The van der Waals surface area contributed by atoms with Gasteiger partial charge in [0.25, 0.3) is 5.56 Å². The van der Waals surface area contributed by atoms with E-state index >= 15 is 0 Å². The molecular formula is C21H21N3O4. The summed E-state index contributed by atoms with van der Waals surface area (Å²) in [5.41, 5.74) is 1.57. The van der Waals surface area contributed by atoms with Crippen molar-refractivity contribution in [3.63, 3.8) is 0 Å². The van der Waals surface area contributed by atoms with Crippen LogP contribution in [-0.4, -0.2) is 29.2 Å². The van der Waals surface area contributed by atoms with Crippen molar-refractivity contribution in [3.05, 3.63) is 71.3 Å². The summed E-state index contributed by atoms with van der Waals surface area (Å²) in [6, 6.07) is 15.8. The number of amides is 1. The van der Waals surface area contributed by atoms with E-state index in [1.54, 1.807) is 37.4 Å². The highest BCUT2D eigenvalue weighted by Crippen LogP contribution is 2.23. The lowest BCUT2D eigenvalue weighted by Gasteiger charge is -2.12. The Hall–Kier alpha value is -3.61. The van der Waals surface area contributed by atoms with Crippen LogP contribution in [0.3, 0.4) is 0 Å². The second-order valence-electron chi connectivity index (χ2n) is 5.95. The topological polar surface area (TPSA) is 82.4 Å². The predicted molar refractivity (Wildman–Crippen MR) is 107 cm³/mol. The van der Waals surface area contributed by atoms with Crippen LogP contribution in [-0.2, 0) is 11.3 Å². The fourth-order valence-electron chi connectivity index (χ4n) is 2.66. The van der Waals surface area contributed by atoms with Crippen LogP contribution in [0.25, 0.3) is 11.3 Å². The van der Waals surface area contributed by atoms with Gasteiger partial charge in [0, 0.05) is 11.6 Å². The fourth-order valence-corrected chi connectivity index (χ4v) is 2.66. The van der Waals surface area contributed by atoms with E-state index in [0.29, 0.717) is 23.7 Å². The lowest BCUT2D eigenvalue weighted by Crippen LogP contribution is -2.27. The molecule has 1 amide bonds. The maximum Gasteiger partial charge on any atom is 0.254 e. The van der Waals surface area contributed by atoms with Gasteiger partial charge in [-0.2, -0.15) is 0 Å². The number of benzene rings is 2. The van der Waals surface area contributed by atoms with Crippen LogP contribution in [0.1, 0.15) is 6.92 Å². The summed E-state index contributed by atoms with van der Waals surface area (Å²) in [6.45, 7) is 2.21. The minimum Gasteiger partial charge on any atom is -0.497 e. The number of aromatic nitrogens is 2. The van der Waals surface area contributed by atoms with Gasteiger partial charge in [-0.1, -0.05) is 12.1 Å². The van der Waals surface area contributed by atoms with Gasteiger partial charge >= 0.3 is 0 Å². The van der Waals surface area contributed by atoms with Crippen LogP contribution >= 0.6 is 0 Å². The fraction of sp³-hybridized carbons (Fsp3) is 0.190. The molecular weight excluding hydrogens is 358 g/mol. The molecule has 144 valence electrons. The SMILES string of the molecule is CCOc1ccccc1NC(=O)Cn1cnc(-c2ccc(OC)cc2)cc1=O. The molecule has 0 bridgehead atoms. The smallest absolute Gasteiger partial charge is 0.254 e. The summed E-state index contributed by atoms with van der Waals surface area (Å²) >= 11 is 0. The minimum absolute atomic E-state index is 0.144. The first kappa shape index (κ1) is 19.2. The van der Waals surface area contributed by atoms with E-state index in [1.807, 2.05) is 25.1 Å². The average Bonchev–Trinajstić information content (AvgIpc) is 2.71. The maximum absolute atomic E-state index is 12.4. The molecule has 0 saturated carbocycles. The predicted octanol–water partition coefficient (Wildman–Crippen LogP) is 2.96. The largest absolute Gasteiger partial charge is 0.497 e. The Morgan fingerprint density at radius 2 is 1.89 bits per heavy atom. The number of carbonyl (C=O) groups excluding carboxylic acids is 1. The molecule has 3 rings (SSSR count). The van der Waals surface area contributed by atoms with Gasteiger partial charge in [-0.3, -0.25) is 14.2 Å². The first-order chi connectivity index (χ1) is 13.6. The molecule has 3 aromatic rings. The Labute approximate surface area is 162 Å². The van der Waals surface area contributed by atoms with Gasteiger partial charge in [0.15, 0.2) is 0 Å². The number of nitrogens with one attached hydrogen (secondary N) is 1. The van der Waals surface area contributed by atoms with Crippen molar-refractivity contribution >= 4 is 11.6 Å². The highest BCUT2D eigenvalue weighted by atomic mass is 16.5. The molecule has 1 aromatic heterocycles. The third-order valence-corrected chi connectivity index (χ3v) is 4.04. The van der Waals surface area contributed by atoms with Gasteiger partial charge in [0.1, 0.15) is 18.0 Å². The van der Waals surface area contributed by atoms with Gasteiger partial charge < -0.3 is 14.8 Å². The molecule has 7 heteroatoms. The van der Waals surface area contributed by atoms with Crippen molar-refractivity contribution in [3.8, 4) is 22.8 Å².